The molecule has 0 fully saturated rings. The first-order valence-corrected chi connectivity index (χ1v) is 6.32. The van der Waals surface area contributed by atoms with Gasteiger partial charge in [-0.25, -0.2) is 0 Å². The van der Waals surface area contributed by atoms with Crippen molar-refractivity contribution < 1.29 is 5.11 Å². The van der Waals surface area contributed by atoms with Gasteiger partial charge >= 0.3 is 0 Å². The van der Waals surface area contributed by atoms with Gasteiger partial charge in [0.25, 0.3) is 0 Å². The highest BCUT2D eigenvalue weighted by atomic mass is 16.3. The lowest BCUT2D eigenvalue weighted by molar-refractivity contribution is 0.280. The number of rotatable bonds is 4. The minimum atomic E-state index is 0.276. The normalized spacial score (nSPS) is 20.5. The lowest BCUT2D eigenvalue weighted by Crippen LogP contribution is -2.15. The first kappa shape index (κ1) is 11.7. The third kappa shape index (κ3) is 2.47. The minimum absolute atomic E-state index is 0.276. The monoisotopic (exact) mass is 222 g/mol. The maximum absolute atomic E-state index is 8.85. The summed E-state index contributed by atoms with van der Waals surface area (Å²) >= 11 is 0. The number of aromatic nitrogens is 1. The molecule has 0 bridgehead atoms. The van der Waals surface area contributed by atoms with Gasteiger partial charge in [0, 0.05) is 31.6 Å². The Morgan fingerprint density at radius 2 is 2.31 bits per heavy atom. The van der Waals surface area contributed by atoms with Crippen molar-refractivity contribution in [1.82, 2.24) is 9.88 Å². The van der Waals surface area contributed by atoms with Crippen molar-refractivity contribution in [3.8, 4) is 0 Å². The Hall–Kier alpha value is -0.800. The van der Waals surface area contributed by atoms with Crippen LogP contribution in [-0.4, -0.2) is 23.3 Å². The zero-order valence-corrected chi connectivity index (χ0v) is 10.1. The van der Waals surface area contributed by atoms with Crippen molar-refractivity contribution in [3.63, 3.8) is 0 Å². The summed E-state index contributed by atoms with van der Waals surface area (Å²) in [5.41, 5.74) is 2.97. The van der Waals surface area contributed by atoms with Gasteiger partial charge in [-0.2, -0.15) is 0 Å². The van der Waals surface area contributed by atoms with Crippen molar-refractivity contribution >= 4 is 0 Å². The van der Waals surface area contributed by atoms with Gasteiger partial charge in [0.2, 0.25) is 0 Å². The van der Waals surface area contributed by atoms with Crippen LogP contribution in [0.5, 0.6) is 0 Å². The number of nitrogens with one attached hydrogen (secondary N) is 1. The third-order valence-corrected chi connectivity index (χ3v) is 3.48. The van der Waals surface area contributed by atoms with Crippen LogP contribution >= 0.6 is 0 Å². The van der Waals surface area contributed by atoms with E-state index in [9.17, 15) is 0 Å². The van der Waals surface area contributed by atoms with Gasteiger partial charge in [-0.3, -0.25) is 0 Å². The van der Waals surface area contributed by atoms with Gasteiger partial charge in [-0.15, -0.1) is 0 Å². The zero-order chi connectivity index (χ0) is 11.4. The summed E-state index contributed by atoms with van der Waals surface area (Å²) in [4.78, 5) is 0. The van der Waals surface area contributed by atoms with Gasteiger partial charge in [0.1, 0.15) is 0 Å². The Balaban J connectivity index is 2.16. The first-order chi connectivity index (χ1) is 7.85. The van der Waals surface area contributed by atoms with Crippen LogP contribution in [0.25, 0.3) is 0 Å². The highest BCUT2D eigenvalue weighted by Gasteiger charge is 2.18. The van der Waals surface area contributed by atoms with Crippen molar-refractivity contribution in [1.29, 1.82) is 0 Å². The van der Waals surface area contributed by atoms with Crippen LogP contribution in [0, 0.1) is 0 Å². The van der Waals surface area contributed by atoms with E-state index in [1.165, 1.54) is 36.8 Å². The number of aliphatic hydroxyl groups is 1. The maximum atomic E-state index is 8.85. The Bertz CT molecular complexity index is 333. The Kier molecular flexibility index (Phi) is 4.02. The zero-order valence-electron chi connectivity index (χ0n) is 10.1. The summed E-state index contributed by atoms with van der Waals surface area (Å²) in [6.45, 7) is 1.21. The molecule has 1 aromatic rings. The summed E-state index contributed by atoms with van der Waals surface area (Å²) in [7, 11) is 2.05. The van der Waals surface area contributed by atoms with E-state index in [1.807, 2.05) is 7.05 Å². The van der Waals surface area contributed by atoms with E-state index in [4.69, 9.17) is 5.11 Å². The quantitative estimate of drug-likeness (QED) is 0.763. The average molecular weight is 222 g/mol. The molecule has 1 atom stereocenters. The highest BCUT2D eigenvalue weighted by molar-refractivity contribution is 5.29. The first-order valence-electron chi connectivity index (χ1n) is 6.32. The van der Waals surface area contributed by atoms with E-state index in [-0.39, 0.29) is 6.61 Å². The summed E-state index contributed by atoms with van der Waals surface area (Å²) < 4.78 is 2.23. The van der Waals surface area contributed by atoms with Crippen LogP contribution in [0.2, 0.25) is 0 Å². The number of hydrogen-bond acceptors (Lipinski definition) is 2. The Morgan fingerprint density at radius 1 is 1.44 bits per heavy atom. The van der Waals surface area contributed by atoms with Crippen LogP contribution in [0.3, 0.4) is 0 Å². The molecule has 0 saturated heterocycles. The van der Waals surface area contributed by atoms with E-state index < -0.39 is 0 Å². The van der Waals surface area contributed by atoms with Crippen molar-refractivity contribution in [2.75, 3.05) is 13.7 Å². The van der Waals surface area contributed by atoms with E-state index in [0.717, 1.165) is 13.0 Å². The second-order valence-corrected chi connectivity index (χ2v) is 4.64. The van der Waals surface area contributed by atoms with Crippen LogP contribution in [0.1, 0.15) is 42.9 Å². The topological polar surface area (TPSA) is 37.2 Å². The van der Waals surface area contributed by atoms with Crippen molar-refractivity contribution in [3.05, 3.63) is 23.5 Å². The Morgan fingerprint density at radius 3 is 3.06 bits per heavy atom. The highest BCUT2D eigenvalue weighted by Crippen LogP contribution is 2.29. The number of hydrogen-bond donors (Lipinski definition) is 2. The molecule has 2 rings (SSSR count). The molecule has 0 saturated carbocycles. The molecule has 3 nitrogen and oxygen atoms in total. The summed E-state index contributed by atoms with van der Waals surface area (Å²) in [6, 6.07) is 0.521. The van der Waals surface area contributed by atoms with Crippen molar-refractivity contribution in [2.24, 2.45) is 0 Å². The molecule has 0 aliphatic heterocycles. The Labute approximate surface area is 97.5 Å². The maximum Gasteiger partial charge on any atom is 0.0448 e. The van der Waals surface area contributed by atoms with Gasteiger partial charge in [-0.1, -0.05) is 6.42 Å². The number of fused-ring (bicyclic) bond motifs is 1. The second-order valence-electron chi connectivity index (χ2n) is 4.64. The summed E-state index contributed by atoms with van der Waals surface area (Å²) in [5.74, 6) is 0. The third-order valence-electron chi connectivity index (χ3n) is 3.48. The van der Waals surface area contributed by atoms with Gasteiger partial charge in [0.05, 0.1) is 0 Å². The molecule has 3 heteroatoms. The van der Waals surface area contributed by atoms with E-state index in [2.05, 4.69) is 22.3 Å². The molecule has 0 radical (unpaired) electrons. The number of aliphatic hydroxyl groups excluding tert-OH is 1. The second kappa shape index (κ2) is 5.51. The molecule has 2 N–H and O–H groups in total. The van der Waals surface area contributed by atoms with Crippen molar-refractivity contribution in [2.45, 2.75) is 44.7 Å². The van der Waals surface area contributed by atoms with Crippen LogP contribution < -0.4 is 5.32 Å². The van der Waals surface area contributed by atoms with E-state index in [1.54, 1.807) is 0 Å². The largest absolute Gasteiger partial charge is 0.396 e. The molecule has 0 spiro atoms. The van der Waals surface area contributed by atoms with E-state index in [0.29, 0.717) is 6.04 Å². The molecule has 1 unspecified atom stereocenters. The molecule has 1 aromatic heterocycles. The van der Waals surface area contributed by atoms with Crippen LogP contribution in [0.15, 0.2) is 12.4 Å². The molecule has 1 heterocycles. The number of nitrogens with zero attached hydrogens (tertiary/aromatic N) is 1. The molecule has 0 aromatic carbocycles. The lowest BCUT2D eigenvalue weighted by atomic mass is 10.1. The summed E-state index contributed by atoms with van der Waals surface area (Å²) in [6.07, 6.45) is 10.4. The smallest absolute Gasteiger partial charge is 0.0448 e. The average Bonchev–Trinajstić information content (AvgIpc) is 2.61. The molecular weight excluding hydrogens is 200 g/mol. The molecule has 90 valence electrons. The van der Waals surface area contributed by atoms with Gasteiger partial charge < -0.3 is 15.0 Å². The fourth-order valence-corrected chi connectivity index (χ4v) is 2.60. The fraction of sp³-hybridized carbons (Fsp3) is 0.692. The predicted octanol–water partition coefficient (Wildman–Crippen LogP) is 1.86. The molecule has 16 heavy (non-hydrogen) atoms. The molecule has 0 amide bonds. The minimum Gasteiger partial charge on any atom is -0.396 e. The standard InChI is InChI=1S/C13H22N2O/c1-14-13-6-3-2-5-11-9-15(7-4-8-16)10-12(11)13/h9-10,13-14,16H,2-8H2,1H3. The molecule has 1 aliphatic carbocycles. The predicted molar refractivity (Wildman–Crippen MR) is 65.5 cm³/mol. The number of aryl methyl sites for hydroxylation is 2. The van der Waals surface area contributed by atoms with Gasteiger partial charge in [0.15, 0.2) is 0 Å². The lowest BCUT2D eigenvalue weighted by Gasteiger charge is -2.13. The SMILES string of the molecule is CNC1CCCCc2cn(CCCO)cc21. The van der Waals surface area contributed by atoms with Crippen LogP contribution in [-0.2, 0) is 13.0 Å². The molecule has 1 aliphatic rings. The fourth-order valence-electron chi connectivity index (χ4n) is 2.60. The van der Waals surface area contributed by atoms with E-state index >= 15 is 0 Å². The summed E-state index contributed by atoms with van der Waals surface area (Å²) in [5, 5.41) is 12.3. The van der Waals surface area contributed by atoms with Gasteiger partial charge in [-0.05, 0) is 43.9 Å². The van der Waals surface area contributed by atoms with Crippen LogP contribution in [0.4, 0.5) is 0 Å². The molecular formula is C13H22N2O.